The van der Waals surface area contributed by atoms with E-state index in [2.05, 4.69) is 10.6 Å². The lowest BCUT2D eigenvalue weighted by Crippen LogP contribution is -2.45. The summed E-state index contributed by atoms with van der Waals surface area (Å²) in [5, 5.41) is 23.8. The average Bonchev–Trinajstić information content (AvgIpc) is 2.93. The van der Waals surface area contributed by atoms with E-state index in [4.69, 9.17) is 9.47 Å². The second-order valence-electron chi connectivity index (χ2n) is 9.99. The topological polar surface area (TPSA) is 81.8 Å². The van der Waals surface area contributed by atoms with E-state index in [1.807, 2.05) is 30.3 Å². The number of aryl methyl sites for hydroxylation is 1. The number of rotatable bonds is 4. The Hall–Kier alpha value is -4.58. The van der Waals surface area contributed by atoms with Gasteiger partial charge in [-0.15, -0.1) is 5.75 Å². The van der Waals surface area contributed by atoms with Gasteiger partial charge in [0.25, 0.3) is 0 Å². The number of fused-ring (bicyclic) bond motifs is 3. The molecule has 1 N–H and O–H groups in total. The van der Waals surface area contributed by atoms with E-state index in [1.165, 1.54) is 28.6 Å². The van der Waals surface area contributed by atoms with Crippen LogP contribution in [0.2, 0.25) is 0 Å². The van der Waals surface area contributed by atoms with E-state index in [1.54, 1.807) is 24.3 Å². The number of nitrogens with zero attached hydrogens (tertiary/aromatic N) is 1. The minimum Gasteiger partial charge on any atom is -0.872 e. The summed E-state index contributed by atoms with van der Waals surface area (Å²) in [6.45, 7) is 2.10. The first-order valence-corrected chi connectivity index (χ1v) is 13.0. The van der Waals surface area contributed by atoms with Crippen LogP contribution in [0.5, 0.6) is 28.7 Å². The van der Waals surface area contributed by atoms with E-state index in [0.717, 1.165) is 60.9 Å². The summed E-state index contributed by atoms with van der Waals surface area (Å²) in [4.78, 5) is 12.3. The van der Waals surface area contributed by atoms with E-state index in [9.17, 15) is 15.0 Å². The van der Waals surface area contributed by atoms with Crippen molar-refractivity contribution in [1.82, 2.24) is 4.58 Å². The van der Waals surface area contributed by atoms with Gasteiger partial charge in [0, 0.05) is 40.8 Å². The monoisotopic (exact) mass is 503 g/mol. The number of carboxylic acid groups (broad SMARTS) is 1. The third-order valence-corrected chi connectivity index (χ3v) is 7.66. The second kappa shape index (κ2) is 8.77. The molecule has 0 saturated heterocycles. The Morgan fingerprint density at radius 2 is 1.66 bits per heavy atom. The van der Waals surface area contributed by atoms with Crippen molar-refractivity contribution in [3.8, 4) is 28.7 Å². The molecule has 0 atom stereocenters. The number of benzene rings is 4. The molecule has 0 saturated carbocycles. The van der Waals surface area contributed by atoms with E-state index >= 15 is 0 Å². The highest BCUT2D eigenvalue weighted by atomic mass is 16.5. The van der Waals surface area contributed by atoms with Crippen molar-refractivity contribution in [2.75, 3.05) is 13.1 Å². The summed E-state index contributed by atoms with van der Waals surface area (Å²) >= 11 is 0. The molecule has 0 amide bonds. The van der Waals surface area contributed by atoms with Crippen LogP contribution >= 0.6 is 0 Å². The van der Waals surface area contributed by atoms with Crippen molar-refractivity contribution in [1.29, 1.82) is 0 Å². The molecule has 0 aromatic heterocycles. The normalized spacial score (nSPS) is 15.2. The summed E-state index contributed by atoms with van der Waals surface area (Å²) in [5.41, 5.74) is 5.13. The number of carboxylic acids is 1. The highest BCUT2D eigenvalue weighted by Crippen LogP contribution is 2.41. The number of hydrogen-bond donors (Lipinski definition) is 1. The van der Waals surface area contributed by atoms with Crippen LogP contribution in [-0.2, 0) is 12.8 Å². The first-order valence-electron chi connectivity index (χ1n) is 13.0. The maximum Gasteiger partial charge on any atom is 0.336 e. The summed E-state index contributed by atoms with van der Waals surface area (Å²) in [6, 6.07) is 21.2. The van der Waals surface area contributed by atoms with E-state index in [-0.39, 0.29) is 11.3 Å². The molecule has 4 aromatic carbocycles. The minimum absolute atomic E-state index is 0.0783. The Kier molecular flexibility index (Phi) is 5.22. The molecular formula is C32H25NO5. The lowest BCUT2D eigenvalue weighted by molar-refractivity contribution is -0.268. The Bertz CT molecular complexity index is 1750. The molecule has 0 unspecified atom stereocenters. The molecule has 0 fully saturated rings. The molecule has 6 nitrogen and oxygen atoms in total. The van der Waals surface area contributed by atoms with Gasteiger partial charge in [-0.2, -0.15) is 0 Å². The van der Waals surface area contributed by atoms with Crippen LogP contribution in [0.25, 0.3) is 5.57 Å². The Balaban J connectivity index is 1.50. The van der Waals surface area contributed by atoms with Crippen LogP contribution in [0.4, 0.5) is 0 Å². The van der Waals surface area contributed by atoms with Crippen molar-refractivity contribution in [3.63, 3.8) is 0 Å². The minimum atomic E-state index is -0.963. The summed E-state index contributed by atoms with van der Waals surface area (Å²) < 4.78 is 15.2. The summed E-state index contributed by atoms with van der Waals surface area (Å²) in [7, 11) is 0. The fourth-order valence-corrected chi connectivity index (χ4v) is 6.07. The fraction of sp³-hybridized carbons (Fsp3) is 0.188. The molecule has 3 aliphatic heterocycles. The highest BCUT2D eigenvalue weighted by Gasteiger charge is 2.32. The Morgan fingerprint density at radius 1 is 0.895 bits per heavy atom. The quantitative estimate of drug-likeness (QED) is 0.375. The maximum atomic E-state index is 12.3. The molecule has 3 aliphatic rings. The first-order chi connectivity index (χ1) is 18.6. The zero-order chi connectivity index (χ0) is 25.8. The first kappa shape index (κ1) is 22.6. The third-order valence-electron chi connectivity index (χ3n) is 7.66. The molecule has 0 spiro atoms. The SMILES string of the molecule is O=C(O)c1ccccc1C1=c2cc3c4c(c2Oc2cc(Oc5ccc([O-])cc5)ccc21)CCC[N+]=4CCC3. The van der Waals surface area contributed by atoms with Crippen LogP contribution in [-0.4, -0.2) is 24.2 Å². The van der Waals surface area contributed by atoms with Crippen LogP contribution in [0.3, 0.4) is 0 Å². The van der Waals surface area contributed by atoms with Gasteiger partial charge in [-0.25, -0.2) is 9.37 Å². The zero-order valence-electron chi connectivity index (χ0n) is 20.7. The smallest absolute Gasteiger partial charge is 0.336 e. The van der Waals surface area contributed by atoms with Gasteiger partial charge in [-0.1, -0.05) is 30.3 Å². The van der Waals surface area contributed by atoms with E-state index < -0.39 is 5.97 Å². The van der Waals surface area contributed by atoms with Gasteiger partial charge in [0.1, 0.15) is 36.1 Å². The standard InChI is InChI=1S/C32H25NO5/c34-20-9-11-21(12-10-20)37-22-13-14-25-28(18-22)38-31-26-8-4-16-33-15-3-5-19(30(26)33)17-27(31)29(25)23-6-1-2-7-24(23)32(35)36/h1-2,6-7,9-14,17-18H,3-5,8,15-16H2,(H-,34,35,36). The van der Waals surface area contributed by atoms with Gasteiger partial charge in [-0.05, 0) is 54.8 Å². The van der Waals surface area contributed by atoms with Crippen molar-refractivity contribution < 1.29 is 24.5 Å². The largest absolute Gasteiger partial charge is 0.872 e. The lowest BCUT2D eigenvalue weighted by atomic mass is 9.86. The number of ether oxygens (including phenoxy) is 2. The molecule has 38 heavy (non-hydrogen) atoms. The van der Waals surface area contributed by atoms with Gasteiger partial charge >= 0.3 is 5.97 Å². The molecule has 6 heteroatoms. The number of carbonyl (C=O) groups is 1. The highest BCUT2D eigenvalue weighted by molar-refractivity contribution is 5.98. The van der Waals surface area contributed by atoms with Crippen LogP contribution < -0.4 is 29.7 Å². The molecule has 4 aromatic rings. The van der Waals surface area contributed by atoms with Crippen molar-refractivity contribution in [2.45, 2.75) is 25.7 Å². The van der Waals surface area contributed by atoms with Gasteiger partial charge in [-0.3, -0.25) is 0 Å². The predicted molar refractivity (Wildman–Crippen MR) is 141 cm³/mol. The zero-order valence-corrected chi connectivity index (χ0v) is 20.7. The van der Waals surface area contributed by atoms with Crippen molar-refractivity contribution in [3.05, 3.63) is 111 Å². The van der Waals surface area contributed by atoms with Gasteiger partial charge < -0.3 is 19.7 Å². The van der Waals surface area contributed by atoms with Crippen molar-refractivity contribution >= 4 is 11.5 Å². The van der Waals surface area contributed by atoms with Gasteiger partial charge in [0.05, 0.1) is 11.1 Å². The van der Waals surface area contributed by atoms with Crippen LogP contribution in [0, 0.1) is 0 Å². The van der Waals surface area contributed by atoms with Gasteiger partial charge in [0.15, 0.2) is 0 Å². The molecule has 0 bridgehead atoms. The molecule has 0 aliphatic carbocycles. The summed E-state index contributed by atoms with van der Waals surface area (Å²) in [5.74, 6) is 1.52. The lowest BCUT2D eigenvalue weighted by Gasteiger charge is -2.27. The number of hydrogen-bond acceptors (Lipinski definition) is 4. The third kappa shape index (κ3) is 3.64. The second-order valence-corrected chi connectivity index (χ2v) is 9.99. The van der Waals surface area contributed by atoms with Gasteiger partial charge in [0.2, 0.25) is 5.36 Å². The predicted octanol–water partition coefficient (Wildman–Crippen LogP) is 3.99. The fourth-order valence-electron chi connectivity index (χ4n) is 6.07. The Labute approximate surface area is 219 Å². The van der Waals surface area contributed by atoms with Crippen molar-refractivity contribution in [2.24, 2.45) is 0 Å². The maximum absolute atomic E-state index is 12.3. The molecule has 188 valence electrons. The van der Waals surface area contributed by atoms with E-state index in [0.29, 0.717) is 22.8 Å². The molecule has 3 heterocycles. The molecule has 7 rings (SSSR count). The molecule has 0 radical (unpaired) electrons. The number of aromatic carboxylic acids is 1. The van der Waals surface area contributed by atoms with Crippen LogP contribution in [0.1, 0.15) is 45.5 Å². The Morgan fingerprint density at radius 3 is 2.47 bits per heavy atom. The average molecular weight is 504 g/mol. The molecular weight excluding hydrogens is 478 g/mol. The summed E-state index contributed by atoms with van der Waals surface area (Å²) in [6.07, 6.45) is 4.08. The van der Waals surface area contributed by atoms with Crippen LogP contribution in [0.15, 0.2) is 72.8 Å².